The van der Waals surface area contributed by atoms with E-state index < -0.39 is 0 Å². The minimum absolute atomic E-state index is 0.778. The number of aromatic amines is 1. The number of rotatable bonds is 2. The molecule has 0 atom stereocenters. The van der Waals surface area contributed by atoms with Crippen molar-refractivity contribution in [3.63, 3.8) is 0 Å². The molecule has 1 N–H and O–H groups in total. The highest BCUT2D eigenvalue weighted by atomic mass is 79.9. The predicted molar refractivity (Wildman–Crippen MR) is 104 cm³/mol. The second-order valence-corrected chi connectivity index (χ2v) is 6.70. The number of H-pyrrole nitrogens is 1. The molecule has 0 unspecified atom stereocenters. The monoisotopic (exact) mass is 375 g/mol. The van der Waals surface area contributed by atoms with Crippen LogP contribution in [0.25, 0.3) is 43.6 Å². The minimum Gasteiger partial charge on any atom is -0.351 e. The van der Waals surface area contributed by atoms with Crippen LogP contribution in [-0.4, -0.2) is 21.8 Å². The van der Waals surface area contributed by atoms with Gasteiger partial charge in [-0.3, -0.25) is 4.99 Å². The lowest BCUT2D eigenvalue weighted by Gasteiger charge is -1.99. The molecule has 0 aliphatic heterocycles. The molecule has 24 heavy (non-hydrogen) atoms. The summed E-state index contributed by atoms with van der Waals surface area (Å²) < 4.78 is 0. The van der Waals surface area contributed by atoms with Crippen molar-refractivity contribution in [2.75, 3.05) is 11.9 Å². The van der Waals surface area contributed by atoms with Crippen molar-refractivity contribution in [1.29, 1.82) is 0 Å². The van der Waals surface area contributed by atoms with Crippen LogP contribution < -0.4 is 5.36 Å². The van der Waals surface area contributed by atoms with Crippen LogP contribution >= 0.6 is 15.9 Å². The van der Waals surface area contributed by atoms with Crippen LogP contribution in [-0.2, 0) is 0 Å². The lowest BCUT2D eigenvalue weighted by Crippen LogP contribution is -2.03. The molecule has 0 amide bonds. The first-order valence-corrected chi connectivity index (χ1v) is 9.11. The van der Waals surface area contributed by atoms with Gasteiger partial charge in [0, 0.05) is 33.4 Å². The van der Waals surface area contributed by atoms with E-state index >= 15 is 0 Å². The van der Waals surface area contributed by atoms with Crippen LogP contribution in [0.1, 0.15) is 0 Å². The Morgan fingerprint density at radius 2 is 1.79 bits per heavy atom. The van der Waals surface area contributed by atoms with Crippen molar-refractivity contribution in [2.24, 2.45) is 4.99 Å². The third-order valence-electron chi connectivity index (χ3n) is 4.54. The van der Waals surface area contributed by atoms with Gasteiger partial charge in [0.25, 0.3) is 0 Å². The van der Waals surface area contributed by atoms with Crippen LogP contribution in [0.5, 0.6) is 0 Å². The molecule has 0 radical (unpaired) electrons. The van der Waals surface area contributed by atoms with E-state index in [1.54, 1.807) is 0 Å². The van der Waals surface area contributed by atoms with Crippen molar-refractivity contribution < 1.29 is 0 Å². The molecule has 3 nitrogen and oxygen atoms in total. The number of hydrogen-bond acceptors (Lipinski definition) is 2. The summed E-state index contributed by atoms with van der Waals surface area (Å²) in [6.07, 6.45) is 0. The molecule has 0 saturated heterocycles. The molecular weight excluding hydrogens is 362 g/mol. The van der Waals surface area contributed by atoms with Gasteiger partial charge in [0.1, 0.15) is 0 Å². The molecule has 0 spiro atoms. The number of aromatic nitrogens is 2. The second kappa shape index (κ2) is 5.28. The van der Waals surface area contributed by atoms with Crippen LogP contribution in [0.15, 0.2) is 59.6 Å². The Labute approximate surface area is 146 Å². The van der Waals surface area contributed by atoms with Gasteiger partial charge in [0.2, 0.25) is 0 Å². The molecule has 1 aromatic heterocycles. The van der Waals surface area contributed by atoms with E-state index in [0.717, 1.165) is 39.3 Å². The van der Waals surface area contributed by atoms with Crippen molar-refractivity contribution in [3.8, 4) is 0 Å². The van der Waals surface area contributed by atoms with Crippen molar-refractivity contribution >= 4 is 59.5 Å². The topological polar surface area (TPSA) is 41.0 Å². The summed E-state index contributed by atoms with van der Waals surface area (Å²) >= 11 is 3.45. The number of hydrogen-bond donors (Lipinski definition) is 1. The van der Waals surface area contributed by atoms with Gasteiger partial charge in [-0.05, 0) is 18.2 Å². The number of alkyl halides is 1. The van der Waals surface area contributed by atoms with E-state index in [4.69, 9.17) is 9.98 Å². The van der Waals surface area contributed by atoms with Crippen molar-refractivity contribution in [2.45, 2.75) is 0 Å². The normalized spacial score (nSPS) is 13.0. The van der Waals surface area contributed by atoms with E-state index in [1.807, 2.05) is 18.2 Å². The predicted octanol–water partition coefficient (Wildman–Crippen LogP) is 4.76. The third kappa shape index (κ3) is 1.89. The maximum Gasteiger partial charge on any atom is 0.0957 e. The van der Waals surface area contributed by atoms with Gasteiger partial charge in [-0.2, -0.15) is 0 Å². The molecule has 4 heteroatoms. The SMILES string of the molecule is BrCCN=c1ccc2c3[nH]c4ccccc4nc3c3cccc1c32. The molecule has 4 aromatic carbocycles. The van der Waals surface area contributed by atoms with E-state index in [-0.39, 0.29) is 0 Å². The van der Waals surface area contributed by atoms with Gasteiger partial charge in [0.15, 0.2) is 0 Å². The first-order valence-electron chi connectivity index (χ1n) is 7.99. The zero-order chi connectivity index (χ0) is 16.1. The highest BCUT2D eigenvalue weighted by molar-refractivity contribution is 9.09. The van der Waals surface area contributed by atoms with Gasteiger partial charge in [0.05, 0.1) is 27.4 Å². The first kappa shape index (κ1) is 13.9. The minimum atomic E-state index is 0.778. The average molecular weight is 376 g/mol. The smallest absolute Gasteiger partial charge is 0.0957 e. The van der Waals surface area contributed by atoms with Gasteiger partial charge in [-0.1, -0.05) is 52.3 Å². The Kier molecular flexibility index (Phi) is 3.06. The number of halogens is 1. The highest BCUT2D eigenvalue weighted by Gasteiger charge is 2.14. The van der Waals surface area contributed by atoms with E-state index in [9.17, 15) is 0 Å². The van der Waals surface area contributed by atoms with Gasteiger partial charge in [-0.25, -0.2) is 4.98 Å². The Morgan fingerprint density at radius 1 is 0.917 bits per heavy atom. The zero-order valence-corrected chi connectivity index (χ0v) is 14.5. The molecule has 0 bridgehead atoms. The lowest BCUT2D eigenvalue weighted by molar-refractivity contribution is 1.09. The fourth-order valence-corrected chi connectivity index (χ4v) is 3.71. The molecule has 1 heterocycles. The first-order chi connectivity index (χ1) is 11.9. The fraction of sp³-hybridized carbons (Fsp3) is 0.100. The number of fused-ring (bicyclic) bond motifs is 4. The number of nitrogens with one attached hydrogen (secondary N) is 1. The second-order valence-electron chi connectivity index (χ2n) is 5.91. The van der Waals surface area contributed by atoms with Crippen LogP contribution in [0.4, 0.5) is 0 Å². The summed E-state index contributed by atoms with van der Waals surface area (Å²) in [5, 5.41) is 6.77. The summed E-state index contributed by atoms with van der Waals surface area (Å²) in [4.78, 5) is 13.2. The van der Waals surface area contributed by atoms with Gasteiger partial charge >= 0.3 is 0 Å². The largest absolute Gasteiger partial charge is 0.351 e. The molecule has 0 fully saturated rings. The van der Waals surface area contributed by atoms with Gasteiger partial charge in [-0.15, -0.1) is 0 Å². The lowest BCUT2D eigenvalue weighted by atomic mass is 10.1. The Morgan fingerprint density at radius 3 is 2.71 bits per heavy atom. The molecule has 0 saturated carbocycles. The molecule has 5 rings (SSSR count). The standard InChI is InChI=1S/C20H14BrN3/c21-10-11-22-15-9-8-14-18-12(15)4-3-5-13(18)19-20(14)24-17-7-2-1-6-16(17)23-19/h1-9,24H,10-11H2. The molecule has 116 valence electrons. The molecule has 5 aromatic rings. The quantitative estimate of drug-likeness (QED) is 0.444. The molecular formula is C20H14BrN3. The van der Waals surface area contributed by atoms with E-state index in [2.05, 4.69) is 57.3 Å². The Hall–Kier alpha value is -2.46. The van der Waals surface area contributed by atoms with Crippen LogP contribution in [0.2, 0.25) is 0 Å². The Bertz CT molecular complexity index is 1220. The maximum absolute atomic E-state index is 4.92. The molecule has 0 aliphatic rings. The summed E-state index contributed by atoms with van der Waals surface area (Å²) in [6.45, 7) is 0.778. The van der Waals surface area contributed by atoms with Crippen LogP contribution in [0.3, 0.4) is 0 Å². The van der Waals surface area contributed by atoms with Crippen molar-refractivity contribution in [3.05, 3.63) is 60.0 Å². The fourth-order valence-electron chi connectivity index (χ4n) is 3.53. The summed E-state index contributed by atoms with van der Waals surface area (Å²) in [5.74, 6) is 0. The van der Waals surface area contributed by atoms with Gasteiger partial charge < -0.3 is 4.98 Å². The highest BCUT2D eigenvalue weighted by Crippen LogP contribution is 2.35. The van der Waals surface area contributed by atoms with E-state index in [0.29, 0.717) is 0 Å². The average Bonchev–Trinajstić information content (AvgIpc) is 2.94. The third-order valence-corrected chi connectivity index (χ3v) is 4.90. The number of benzene rings is 3. The Balaban J connectivity index is 2.02. The van der Waals surface area contributed by atoms with E-state index in [1.165, 1.54) is 21.5 Å². The summed E-state index contributed by atoms with van der Waals surface area (Å²) in [7, 11) is 0. The summed E-state index contributed by atoms with van der Waals surface area (Å²) in [5.41, 5.74) is 4.19. The number of para-hydroxylation sites is 2. The maximum atomic E-state index is 4.92. The molecule has 0 aliphatic carbocycles. The van der Waals surface area contributed by atoms with Crippen molar-refractivity contribution in [1.82, 2.24) is 9.97 Å². The zero-order valence-electron chi connectivity index (χ0n) is 12.9. The number of nitrogens with zero attached hydrogens (tertiary/aromatic N) is 2. The summed E-state index contributed by atoms with van der Waals surface area (Å²) in [6, 6.07) is 18.9. The van der Waals surface area contributed by atoms with Crippen LogP contribution in [0, 0.1) is 0 Å².